The second-order valence-electron chi connectivity index (χ2n) is 6.76. The molecular formula is C21H19N3O4S2. The molecule has 154 valence electrons. The Morgan fingerprint density at radius 2 is 1.87 bits per heavy atom. The van der Waals surface area contributed by atoms with E-state index in [-0.39, 0.29) is 16.2 Å². The van der Waals surface area contributed by atoms with E-state index in [4.69, 9.17) is 4.74 Å². The molecule has 0 aliphatic rings. The molecule has 0 fully saturated rings. The predicted octanol–water partition coefficient (Wildman–Crippen LogP) is 3.96. The van der Waals surface area contributed by atoms with Crippen LogP contribution in [0.2, 0.25) is 0 Å². The van der Waals surface area contributed by atoms with Crippen molar-refractivity contribution in [3.63, 3.8) is 0 Å². The van der Waals surface area contributed by atoms with Gasteiger partial charge in [-0.25, -0.2) is 17.7 Å². The molecule has 0 aliphatic carbocycles. The van der Waals surface area contributed by atoms with Gasteiger partial charge in [-0.15, -0.1) is 0 Å². The Labute approximate surface area is 178 Å². The molecule has 3 aromatic carbocycles. The summed E-state index contributed by atoms with van der Waals surface area (Å²) in [6.07, 6.45) is 0. The van der Waals surface area contributed by atoms with Gasteiger partial charge in [0.15, 0.2) is 5.13 Å². The summed E-state index contributed by atoms with van der Waals surface area (Å²) < 4.78 is 32.4. The van der Waals surface area contributed by atoms with E-state index in [0.717, 1.165) is 25.3 Å². The maximum absolute atomic E-state index is 12.8. The van der Waals surface area contributed by atoms with E-state index >= 15 is 0 Å². The fraction of sp³-hybridized carbons (Fsp3) is 0.143. The van der Waals surface area contributed by atoms with Gasteiger partial charge in [-0.1, -0.05) is 41.7 Å². The third-order valence-corrected chi connectivity index (χ3v) is 7.46. The fourth-order valence-electron chi connectivity index (χ4n) is 3.10. The van der Waals surface area contributed by atoms with Gasteiger partial charge in [0, 0.05) is 25.0 Å². The molecule has 4 rings (SSSR count). The van der Waals surface area contributed by atoms with E-state index < -0.39 is 15.9 Å². The van der Waals surface area contributed by atoms with Crippen LogP contribution in [0.15, 0.2) is 59.5 Å². The highest BCUT2D eigenvalue weighted by atomic mass is 32.2. The Morgan fingerprint density at radius 3 is 2.60 bits per heavy atom. The third kappa shape index (κ3) is 3.51. The Bertz CT molecular complexity index is 1380. The van der Waals surface area contributed by atoms with Crippen molar-refractivity contribution in [3.8, 4) is 5.75 Å². The number of carbonyl (C=O) groups excluding carboxylic acids is 1. The number of ether oxygens (including phenoxy) is 1. The molecule has 4 aromatic rings. The quantitative estimate of drug-likeness (QED) is 0.506. The first-order chi connectivity index (χ1) is 14.3. The molecule has 1 heterocycles. The van der Waals surface area contributed by atoms with E-state index in [2.05, 4.69) is 10.3 Å². The molecule has 1 amide bonds. The van der Waals surface area contributed by atoms with Gasteiger partial charge in [-0.2, -0.15) is 0 Å². The molecule has 1 N–H and O–H groups in total. The smallest absolute Gasteiger partial charge is 0.257 e. The lowest BCUT2D eigenvalue weighted by Crippen LogP contribution is -2.23. The van der Waals surface area contributed by atoms with Crippen molar-refractivity contribution in [3.05, 3.63) is 60.2 Å². The van der Waals surface area contributed by atoms with Crippen molar-refractivity contribution >= 4 is 53.4 Å². The van der Waals surface area contributed by atoms with E-state index in [1.165, 1.54) is 50.7 Å². The zero-order chi connectivity index (χ0) is 21.5. The van der Waals surface area contributed by atoms with Crippen LogP contribution >= 0.6 is 11.3 Å². The van der Waals surface area contributed by atoms with Crippen molar-refractivity contribution in [1.29, 1.82) is 0 Å². The first-order valence-electron chi connectivity index (χ1n) is 9.01. The molecule has 0 atom stereocenters. The minimum atomic E-state index is -3.78. The van der Waals surface area contributed by atoms with Crippen LogP contribution in [0.4, 0.5) is 5.13 Å². The number of fused-ring (bicyclic) bond motifs is 3. The van der Waals surface area contributed by atoms with Crippen LogP contribution in [0, 0.1) is 0 Å². The zero-order valence-corrected chi connectivity index (χ0v) is 18.2. The minimum absolute atomic E-state index is 0.0713. The maximum atomic E-state index is 12.8. The second-order valence-corrected chi connectivity index (χ2v) is 9.91. The number of aromatic nitrogens is 1. The van der Waals surface area contributed by atoms with Crippen LogP contribution in [0.25, 0.3) is 21.0 Å². The molecule has 30 heavy (non-hydrogen) atoms. The SMILES string of the molecule is COc1ccc(C(=O)Nc2nc3c(ccc4ccccc43)s2)cc1S(=O)(=O)N(C)C. The molecule has 0 aliphatic heterocycles. The topological polar surface area (TPSA) is 88.6 Å². The van der Waals surface area contributed by atoms with E-state index in [1.54, 1.807) is 0 Å². The number of carbonyl (C=O) groups is 1. The first-order valence-corrected chi connectivity index (χ1v) is 11.3. The van der Waals surface area contributed by atoms with Crippen LogP contribution in [-0.4, -0.2) is 44.8 Å². The van der Waals surface area contributed by atoms with Gasteiger partial charge in [0.25, 0.3) is 5.91 Å². The number of hydrogen-bond acceptors (Lipinski definition) is 6. The number of amides is 1. The van der Waals surface area contributed by atoms with Gasteiger partial charge < -0.3 is 4.74 Å². The van der Waals surface area contributed by atoms with Crippen LogP contribution in [0.1, 0.15) is 10.4 Å². The predicted molar refractivity (Wildman–Crippen MR) is 119 cm³/mol. The van der Waals surface area contributed by atoms with Crippen molar-refractivity contribution < 1.29 is 17.9 Å². The summed E-state index contributed by atoms with van der Waals surface area (Å²) >= 11 is 1.36. The lowest BCUT2D eigenvalue weighted by atomic mass is 10.1. The second kappa shape index (κ2) is 7.67. The van der Waals surface area contributed by atoms with Crippen LogP contribution in [0.3, 0.4) is 0 Å². The number of sulfonamides is 1. The number of anilines is 1. The average molecular weight is 442 g/mol. The molecule has 0 radical (unpaired) electrons. The van der Waals surface area contributed by atoms with Crippen molar-refractivity contribution in [2.24, 2.45) is 0 Å². The highest BCUT2D eigenvalue weighted by Gasteiger charge is 2.24. The first kappa shape index (κ1) is 20.3. The van der Waals surface area contributed by atoms with Gasteiger partial charge in [0.1, 0.15) is 10.6 Å². The average Bonchev–Trinajstić information content (AvgIpc) is 3.16. The molecule has 9 heteroatoms. The van der Waals surface area contributed by atoms with Gasteiger partial charge in [0.05, 0.1) is 17.3 Å². The van der Waals surface area contributed by atoms with E-state index in [1.807, 2.05) is 36.4 Å². The molecule has 0 bridgehead atoms. The summed E-state index contributed by atoms with van der Waals surface area (Å²) in [5, 5.41) is 5.30. The summed E-state index contributed by atoms with van der Waals surface area (Å²) in [4.78, 5) is 17.3. The Balaban J connectivity index is 1.70. The highest BCUT2D eigenvalue weighted by Crippen LogP contribution is 2.32. The lowest BCUT2D eigenvalue weighted by molar-refractivity contribution is 0.102. The molecule has 7 nitrogen and oxygen atoms in total. The number of nitrogens with one attached hydrogen (secondary N) is 1. The van der Waals surface area contributed by atoms with Gasteiger partial charge in [-0.3, -0.25) is 10.1 Å². The van der Waals surface area contributed by atoms with Gasteiger partial charge in [-0.05, 0) is 29.7 Å². The molecule has 0 unspecified atom stereocenters. The van der Waals surface area contributed by atoms with Gasteiger partial charge >= 0.3 is 0 Å². The summed E-state index contributed by atoms with van der Waals surface area (Å²) in [7, 11) is 0.453. The van der Waals surface area contributed by atoms with Crippen molar-refractivity contribution in [1.82, 2.24) is 9.29 Å². The van der Waals surface area contributed by atoms with Crippen LogP contribution in [0.5, 0.6) is 5.75 Å². The molecule has 0 saturated heterocycles. The summed E-state index contributed by atoms with van der Waals surface area (Å²) in [5.74, 6) is -0.275. The molecule has 0 spiro atoms. The van der Waals surface area contributed by atoms with E-state index in [0.29, 0.717) is 5.13 Å². The summed E-state index contributed by atoms with van der Waals surface area (Å²) in [5.41, 5.74) is 1.01. The largest absolute Gasteiger partial charge is 0.495 e. The number of hydrogen-bond donors (Lipinski definition) is 1. The Morgan fingerprint density at radius 1 is 1.10 bits per heavy atom. The van der Waals surface area contributed by atoms with Crippen molar-refractivity contribution in [2.75, 3.05) is 26.5 Å². The van der Waals surface area contributed by atoms with Crippen molar-refractivity contribution in [2.45, 2.75) is 4.90 Å². The molecular weight excluding hydrogens is 422 g/mol. The van der Waals surface area contributed by atoms with E-state index in [9.17, 15) is 13.2 Å². The number of benzene rings is 3. The zero-order valence-electron chi connectivity index (χ0n) is 16.5. The highest BCUT2D eigenvalue weighted by molar-refractivity contribution is 7.89. The monoisotopic (exact) mass is 441 g/mol. The Hall–Kier alpha value is -3.01. The van der Waals surface area contributed by atoms with Gasteiger partial charge in [0.2, 0.25) is 10.0 Å². The fourth-order valence-corrected chi connectivity index (χ4v) is 5.05. The number of methoxy groups -OCH3 is 1. The minimum Gasteiger partial charge on any atom is -0.495 e. The molecule has 1 aromatic heterocycles. The maximum Gasteiger partial charge on any atom is 0.257 e. The molecule has 0 saturated carbocycles. The van der Waals surface area contributed by atoms with Crippen LogP contribution in [-0.2, 0) is 10.0 Å². The normalized spacial score (nSPS) is 11.9. The number of nitrogens with zero attached hydrogens (tertiary/aromatic N) is 2. The standard InChI is InChI=1S/C21H19N3O4S2/c1-24(2)30(26,27)18-12-14(8-10-16(18)28-3)20(25)23-21-22-19-15-7-5-4-6-13(15)9-11-17(19)29-21/h4-12H,1-3H3,(H,22,23,25). The number of rotatable bonds is 5. The number of thiazole rings is 1. The lowest BCUT2D eigenvalue weighted by Gasteiger charge is -2.15. The van der Waals surface area contributed by atoms with Crippen LogP contribution < -0.4 is 10.1 Å². The Kier molecular flexibility index (Phi) is 5.19. The summed E-state index contributed by atoms with van der Waals surface area (Å²) in [6, 6.07) is 16.2. The third-order valence-electron chi connectivity index (χ3n) is 4.69. The summed E-state index contributed by atoms with van der Waals surface area (Å²) in [6.45, 7) is 0.